The number of rotatable bonds is 8. The lowest BCUT2D eigenvalue weighted by atomic mass is 10.2. The maximum Gasteiger partial charge on any atom is 0.258 e. The van der Waals surface area contributed by atoms with Gasteiger partial charge in [-0.2, -0.15) is 9.40 Å². The summed E-state index contributed by atoms with van der Waals surface area (Å²) in [5.74, 6) is -0.764. The van der Waals surface area contributed by atoms with Crippen molar-refractivity contribution in [2.45, 2.75) is 25.3 Å². The Balaban J connectivity index is 1.83. The molecule has 11 heteroatoms. The summed E-state index contributed by atoms with van der Waals surface area (Å²) in [7, 11) is -3.90. The van der Waals surface area contributed by atoms with Crippen molar-refractivity contribution in [2.75, 3.05) is 18.4 Å². The fourth-order valence-electron chi connectivity index (χ4n) is 3.13. The van der Waals surface area contributed by atoms with E-state index in [0.717, 1.165) is 6.07 Å². The van der Waals surface area contributed by atoms with E-state index in [9.17, 15) is 17.6 Å². The van der Waals surface area contributed by atoms with Crippen LogP contribution in [-0.2, 0) is 16.6 Å². The fraction of sp³-hybridized carbons (Fsp3) is 0.238. The molecule has 1 aromatic heterocycles. The van der Waals surface area contributed by atoms with Crippen LogP contribution in [0.25, 0.3) is 0 Å². The van der Waals surface area contributed by atoms with E-state index in [4.69, 9.17) is 23.2 Å². The molecule has 0 spiro atoms. The number of halogens is 3. The van der Waals surface area contributed by atoms with Crippen molar-refractivity contribution in [3.63, 3.8) is 0 Å². The van der Waals surface area contributed by atoms with Crippen LogP contribution in [0.5, 0.6) is 0 Å². The molecule has 1 N–H and O–H groups in total. The summed E-state index contributed by atoms with van der Waals surface area (Å²) in [6, 6.07) is 10.1. The van der Waals surface area contributed by atoms with Gasteiger partial charge in [0.1, 0.15) is 10.7 Å². The van der Waals surface area contributed by atoms with Crippen LogP contribution in [0.1, 0.15) is 29.8 Å². The van der Waals surface area contributed by atoms with Crippen LogP contribution in [-0.4, -0.2) is 41.5 Å². The Morgan fingerprint density at radius 3 is 2.50 bits per heavy atom. The highest BCUT2D eigenvalue weighted by Crippen LogP contribution is 2.31. The van der Waals surface area contributed by atoms with E-state index in [-0.39, 0.29) is 45.2 Å². The standard InChI is InChI=1S/C21H21Cl2FN4O3S/c1-3-28(4-2)32(30,31)19-11-16(17(22)12-18(19)23)21(29)25-20-8-9-27(26-20)13-14-6-5-7-15(24)10-14/h5-12H,3-4,13H2,1-2H3,(H,25,26,29). The zero-order valence-electron chi connectivity index (χ0n) is 17.3. The van der Waals surface area contributed by atoms with E-state index < -0.39 is 15.9 Å². The van der Waals surface area contributed by atoms with Crippen molar-refractivity contribution < 1.29 is 17.6 Å². The fourth-order valence-corrected chi connectivity index (χ4v) is 5.42. The van der Waals surface area contributed by atoms with Gasteiger partial charge in [-0.15, -0.1) is 0 Å². The highest BCUT2D eigenvalue weighted by Gasteiger charge is 2.27. The Hall–Kier alpha value is -2.46. The van der Waals surface area contributed by atoms with E-state index >= 15 is 0 Å². The normalized spacial score (nSPS) is 11.7. The molecule has 0 radical (unpaired) electrons. The Bertz CT molecular complexity index is 1240. The van der Waals surface area contributed by atoms with Crippen LogP contribution >= 0.6 is 23.2 Å². The van der Waals surface area contributed by atoms with Gasteiger partial charge in [0.25, 0.3) is 5.91 Å². The number of amides is 1. The molecule has 2 aromatic carbocycles. The van der Waals surface area contributed by atoms with E-state index in [1.165, 1.54) is 27.2 Å². The highest BCUT2D eigenvalue weighted by molar-refractivity contribution is 7.89. The Kier molecular flexibility index (Phi) is 7.55. The predicted octanol–water partition coefficient (Wildman–Crippen LogP) is 4.66. The third-order valence-corrected chi connectivity index (χ3v) is 7.53. The molecular weight excluding hydrogens is 478 g/mol. The van der Waals surface area contributed by atoms with Gasteiger partial charge in [0.05, 0.1) is 22.2 Å². The molecule has 7 nitrogen and oxygen atoms in total. The van der Waals surface area contributed by atoms with Gasteiger partial charge in [-0.05, 0) is 29.8 Å². The lowest BCUT2D eigenvalue weighted by molar-refractivity contribution is 0.102. The second kappa shape index (κ2) is 9.99. The summed E-state index contributed by atoms with van der Waals surface area (Å²) in [4.78, 5) is 12.6. The topological polar surface area (TPSA) is 84.3 Å². The van der Waals surface area contributed by atoms with Crippen molar-refractivity contribution in [1.82, 2.24) is 14.1 Å². The molecule has 0 saturated carbocycles. The second-order valence-corrected chi connectivity index (χ2v) is 9.56. The second-order valence-electron chi connectivity index (χ2n) is 6.83. The molecule has 3 aromatic rings. The average Bonchev–Trinajstić information content (AvgIpc) is 3.15. The Labute approximate surface area is 195 Å². The van der Waals surface area contributed by atoms with Crippen LogP contribution < -0.4 is 5.32 Å². The van der Waals surface area contributed by atoms with E-state index in [1.807, 2.05) is 0 Å². The number of sulfonamides is 1. The first-order valence-corrected chi connectivity index (χ1v) is 11.9. The quantitative estimate of drug-likeness (QED) is 0.489. The van der Waals surface area contributed by atoms with Gasteiger partial charge < -0.3 is 5.32 Å². The molecule has 3 rings (SSSR count). The minimum Gasteiger partial charge on any atom is -0.305 e. The number of carbonyl (C=O) groups excluding carboxylic acids is 1. The first-order valence-electron chi connectivity index (χ1n) is 9.74. The third-order valence-electron chi connectivity index (χ3n) is 4.71. The maximum atomic E-state index is 13.4. The molecule has 0 fully saturated rings. The zero-order chi connectivity index (χ0) is 23.5. The molecule has 170 valence electrons. The summed E-state index contributed by atoms with van der Waals surface area (Å²) in [6.07, 6.45) is 1.63. The monoisotopic (exact) mass is 498 g/mol. The molecule has 0 bridgehead atoms. The van der Waals surface area contributed by atoms with Crippen LogP contribution in [0.4, 0.5) is 10.2 Å². The first-order chi connectivity index (χ1) is 15.1. The van der Waals surface area contributed by atoms with E-state index in [0.29, 0.717) is 12.1 Å². The molecule has 0 aliphatic carbocycles. The van der Waals surface area contributed by atoms with Gasteiger partial charge in [-0.3, -0.25) is 9.48 Å². The summed E-state index contributed by atoms with van der Waals surface area (Å²) in [5.41, 5.74) is 0.652. The van der Waals surface area contributed by atoms with Crippen molar-refractivity contribution in [2.24, 2.45) is 0 Å². The summed E-state index contributed by atoms with van der Waals surface area (Å²) >= 11 is 12.3. The number of hydrogen-bond donors (Lipinski definition) is 1. The lowest BCUT2D eigenvalue weighted by Gasteiger charge is -2.20. The van der Waals surface area contributed by atoms with Crippen LogP contribution in [0, 0.1) is 5.82 Å². The van der Waals surface area contributed by atoms with Crippen LogP contribution in [0.15, 0.2) is 53.6 Å². The molecule has 0 atom stereocenters. The highest BCUT2D eigenvalue weighted by atomic mass is 35.5. The van der Waals surface area contributed by atoms with E-state index in [2.05, 4.69) is 10.4 Å². The molecule has 0 aliphatic heterocycles. The van der Waals surface area contributed by atoms with Crippen molar-refractivity contribution in [3.05, 3.63) is 75.7 Å². The zero-order valence-corrected chi connectivity index (χ0v) is 19.7. The van der Waals surface area contributed by atoms with Gasteiger partial charge in [-0.1, -0.05) is 49.2 Å². The molecule has 0 unspecified atom stereocenters. The Morgan fingerprint density at radius 2 is 1.84 bits per heavy atom. The van der Waals surface area contributed by atoms with E-state index in [1.54, 1.807) is 38.2 Å². The molecular formula is C21H21Cl2FN4O3S. The van der Waals surface area contributed by atoms with Gasteiger partial charge in [0, 0.05) is 25.4 Å². The number of hydrogen-bond acceptors (Lipinski definition) is 4. The van der Waals surface area contributed by atoms with Gasteiger partial charge in [0.15, 0.2) is 5.82 Å². The SMILES string of the molecule is CCN(CC)S(=O)(=O)c1cc(C(=O)Nc2ccn(Cc3cccc(F)c3)n2)c(Cl)cc1Cl. The minimum atomic E-state index is -3.90. The number of anilines is 1. The molecule has 0 aliphatic rings. The number of aromatic nitrogens is 2. The van der Waals surface area contributed by atoms with Crippen LogP contribution in [0.2, 0.25) is 10.0 Å². The van der Waals surface area contributed by atoms with Gasteiger partial charge >= 0.3 is 0 Å². The predicted molar refractivity (Wildman–Crippen MR) is 122 cm³/mol. The largest absolute Gasteiger partial charge is 0.305 e. The molecule has 32 heavy (non-hydrogen) atoms. The van der Waals surface area contributed by atoms with Crippen molar-refractivity contribution in [1.29, 1.82) is 0 Å². The number of nitrogens with one attached hydrogen (secondary N) is 1. The summed E-state index contributed by atoms with van der Waals surface area (Å²) < 4.78 is 41.9. The van der Waals surface area contributed by atoms with Crippen LogP contribution in [0.3, 0.4) is 0 Å². The van der Waals surface area contributed by atoms with Gasteiger partial charge in [-0.25, -0.2) is 12.8 Å². The van der Waals surface area contributed by atoms with Crippen molar-refractivity contribution >= 4 is 45.0 Å². The number of carbonyl (C=O) groups is 1. The third kappa shape index (κ3) is 5.29. The lowest BCUT2D eigenvalue weighted by Crippen LogP contribution is -2.31. The minimum absolute atomic E-state index is 0.00481. The average molecular weight is 499 g/mol. The first kappa shape index (κ1) is 24.2. The summed E-state index contributed by atoms with van der Waals surface area (Å²) in [5, 5.41) is 6.76. The molecule has 1 amide bonds. The molecule has 0 saturated heterocycles. The number of nitrogens with zero attached hydrogens (tertiary/aromatic N) is 3. The van der Waals surface area contributed by atoms with Crippen molar-refractivity contribution in [3.8, 4) is 0 Å². The molecule has 1 heterocycles. The summed E-state index contributed by atoms with van der Waals surface area (Å²) in [6.45, 7) is 4.23. The smallest absolute Gasteiger partial charge is 0.258 e. The number of benzene rings is 2. The Morgan fingerprint density at radius 1 is 1.12 bits per heavy atom. The van der Waals surface area contributed by atoms with Gasteiger partial charge in [0.2, 0.25) is 10.0 Å². The maximum absolute atomic E-state index is 13.4.